The van der Waals surface area contributed by atoms with Gasteiger partial charge in [0.2, 0.25) is 0 Å². The molecular formula is C18H29Cl3N2. The molecule has 1 saturated heterocycles. The molecule has 1 heterocycles. The minimum Gasteiger partial charge on any atom is -0.314 e. The average Bonchev–Trinajstić information content (AvgIpc) is 2.52. The van der Waals surface area contributed by atoms with Crippen molar-refractivity contribution in [1.29, 1.82) is 0 Å². The van der Waals surface area contributed by atoms with Crippen molar-refractivity contribution in [1.82, 2.24) is 10.2 Å². The summed E-state index contributed by atoms with van der Waals surface area (Å²) in [5, 5.41) is 4.35. The van der Waals surface area contributed by atoms with Crippen LogP contribution in [0.2, 0.25) is 5.02 Å². The summed E-state index contributed by atoms with van der Waals surface area (Å²) in [4.78, 5) is 2.71. The lowest BCUT2D eigenvalue weighted by Crippen LogP contribution is -2.47. The highest BCUT2D eigenvalue weighted by atomic mass is 35.5. The van der Waals surface area contributed by atoms with Gasteiger partial charge >= 0.3 is 0 Å². The van der Waals surface area contributed by atoms with Crippen LogP contribution in [0.5, 0.6) is 0 Å². The van der Waals surface area contributed by atoms with Gasteiger partial charge in [-0.1, -0.05) is 36.9 Å². The number of piperazine rings is 1. The van der Waals surface area contributed by atoms with E-state index >= 15 is 0 Å². The van der Waals surface area contributed by atoms with E-state index in [2.05, 4.69) is 35.3 Å². The van der Waals surface area contributed by atoms with Gasteiger partial charge in [-0.3, -0.25) is 4.90 Å². The van der Waals surface area contributed by atoms with Crippen LogP contribution in [-0.2, 0) is 0 Å². The Kier molecular flexibility index (Phi) is 9.25. The predicted octanol–water partition coefficient (Wildman–Crippen LogP) is 5.02. The highest BCUT2D eigenvalue weighted by molar-refractivity contribution is 6.30. The molecule has 0 spiro atoms. The van der Waals surface area contributed by atoms with Crippen molar-refractivity contribution < 1.29 is 0 Å². The molecule has 23 heavy (non-hydrogen) atoms. The van der Waals surface area contributed by atoms with Gasteiger partial charge in [-0.05, 0) is 48.9 Å². The van der Waals surface area contributed by atoms with E-state index in [1.807, 2.05) is 0 Å². The zero-order valence-corrected chi connectivity index (χ0v) is 16.3. The lowest BCUT2D eigenvalue weighted by molar-refractivity contribution is 0.103. The summed E-state index contributed by atoms with van der Waals surface area (Å²) in [7, 11) is 0. The van der Waals surface area contributed by atoms with Gasteiger partial charge in [0.25, 0.3) is 0 Å². The van der Waals surface area contributed by atoms with Crippen LogP contribution in [0.25, 0.3) is 0 Å². The van der Waals surface area contributed by atoms with Crippen LogP contribution in [0, 0.1) is 12.8 Å². The summed E-state index contributed by atoms with van der Waals surface area (Å²) in [6.07, 6.45) is 7.00. The molecule has 2 fully saturated rings. The first-order valence-corrected chi connectivity index (χ1v) is 8.84. The summed E-state index contributed by atoms with van der Waals surface area (Å²) in [5.74, 6) is 0.816. The van der Waals surface area contributed by atoms with Gasteiger partial charge in [0.05, 0.1) is 0 Å². The molecule has 0 unspecified atom stereocenters. The van der Waals surface area contributed by atoms with Gasteiger partial charge in [-0.2, -0.15) is 0 Å². The molecule has 1 aliphatic carbocycles. The van der Waals surface area contributed by atoms with Gasteiger partial charge in [0.1, 0.15) is 0 Å². The molecule has 0 amide bonds. The molecule has 2 nitrogen and oxygen atoms in total. The molecular weight excluding hydrogens is 351 g/mol. The third-order valence-electron chi connectivity index (χ3n) is 5.19. The van der Waals surface area contributed by atoms with E-state index in [0.717, 1.165) is 24.0 Å². The molecule has 3 rings (SSSR count). The lowest BCUT2D eigenvalue weighted by atomic mass is 9.79. The third-order valence-corrected chi connectivity index (χ3v) is 5.43. The summed E-state index contributed by atoms with van der Waals surface area (Å²) in [6.45, 7) is 6.80. The molecule has 0 radical (unpaired) electrons. The monoisotopic (exact) mass is 378 g/mol. The number of aryl methyl sites for hydroxylation is 1. The van der Waals surface area contributed by atoms with Crippen molar-refractivity contribution in [2.75, 3.05) is 26.2 Å². The van der Waals surface area contributed by atoms with Crippen molar-refractivity contribution in [3.05, 3.63) is 34.3 Å². The Balaban J connectivity index is 0.00000132. The van der Waals surface area contributed by atoms with Gasteiger partial charge in [0, 0.05) is 37.2 Å². The van der Waals surface area contributed by atoms with E-state index in [9.17, 15) is 0 Å². The average molecular weight is 380 g/mol. The SMILES string of the molecule is Cc1cc(Cl)ccc1[C@H](C1CCCCC1)N1CCNCC1.Cl.Cl. The Morgan fingerprint density at radius 1 is 1.09 bits per heavy atom. The number of halogens is 3. The minimum absolute atomic E-state index is 0. The Bertz CT molecular complexity index is 451. The topological polar surface area (TPSA) is 15.3 Å². The van der Waals surface area contributed by atoms with E-state index in [1.54, 1.807) is 0 Å². The Hall–Kier alpha value is 0.01000. The molecule has 1 atom stereocenters. The maximum atomic E-state index is 6.17. The van der Waals surface area contributed by atoms with E-state index in [4.69, 9.17) is 11.6 Å². The zero-order valence-electron chi connectivity index (χ0n) is 13.9. The van der Waals surface area contributed by atoms with Gasteiger partial charge in [-0.15, -0.1) is 24.8 Å². The van der Waals surface area contributed by atoms with Crippen molar-refractivity contribution >= 4 is 36.4 Å². The van der Waals surface area contributed by atoms with E-state index in [-0.39, 0.29) is 24.8 Å². The van der Waals surface area contributed by atoms with E-state index in [0.29, 0.717) is 6.04 Å². The van der Waals surface area contributed by atoms with Crippen molar-refractivity contribution in [3.63, 3.8) is 0 Å². The number of hydrogen-bond acceptors (Lipinski definition) is 2. The first-order chi connectivity index (χ1) is 10.3. The summed E-state index contributed by atoms with van der Waals surface area (Å²) < 4.78 is 0. The highest BCUT2D eigenvalue weighted by Crippen LogP contribution is 2.40. The molecule has 1 aromatic rings. The predicted molar refractivity (Wildman–Crippen MR) is 104 cm³/mol. The Morgan fingerprint density at radius 2 is 1.74 bits per heavy atom. The normalized spacial score (nSPS) is 21.1. The fourth-order valence-corrected chi connectivity index (χ4v) is 4.36. The van der Waals surface area contributed by atoms with Crippen LogP contribution in [0.1, 0.15) is 49.3 Å². The molecule has 1 aromatic carbocycles. The van der Waals surface area contributed by atoms with Crippen LogP contribution >= 0.6 is 36.4 Å². The number of nitrogens with zero attached hydrogens (tertiary/aromatic N) is 1. The van der Waals surface area contributed by atoms with Crippen LogP contribution in [-0.4, -0.2) is 31.1 Å². The second kappa shape index (κ2) is 10.1. The van der Waals surface area contributed by atoms with Gasteiger partial charge in [-0.25, -0.2) is 0 Å². The fourth-order valence-electron chi connectivity index (χ4n) is 4.13. The fraction of sp³-hybridized carbons (Fsp3) is 0.667. The van der Waals surface area contributed by atoms with Crippen LogP contribution < -0.4 is 5.32 Å². The largest absolute Gasteiger partial charge is 0.314 e. The molecule has 5 heteroatoms. The second-order valence-electron chi connectivity index (χ2n) is 6.63. The Labute approximate surface area is 158 Å². The maximum absolute atomic E-state index is 6.17. The van der Waals surface area contributed by atoms with Crippen LogP contribution in [0.4, 0.5) is 0 Å². The van der Waals surface area contributed by atoms with Crippen molar-refractivity contribution in [2.24, 2.45) is 5.92 Å². The smallest absolute Gasteiger partial charge is 0.0408 e. The maximum Gasteiger partial charge on any atom is 0.0408 e. The third kappa shape index (κ3) is 5.24. The lowest BCUT2D eigenvalue weighted by Gasteiger charge is -2.41. The number of hydrogen-bond donors (Lipinski definition) is 1. The first kappa shape index (κ1) is 21.1. The number of nitrogens with one attached hydrogen (secondary N) is 1. The quantitative estimate of drug-likeness (QED) is 0.793. The van der Waals surface area contributed by atoms with Crippen molar-refractivity contribution in [3.8, 4) is 0 Å². The van der Waals surface area contributed by atoms with E-state index in [1.165, 1.54) is 56.3 Å². The Morgan fingerprint density at radius 3 is 2.35 bits per heavy atom. The molecule has 0 aromatic heterocycles. The molecule has 0 bridgehead atoms. The van der Waals surface area contributed by atoms with Crippen LogP contribution in [0.15, 0.2) is 18.2 Å². The summed E-state index contributed by atoms with van der Waals surface area (Å²) in [6, 6.07) is 7.07. The van der Waals surface area contributed by atoms with Gasteiger partial charge in [0.15, 0.2) is 0 Å². The first-order valence-electron chi connectivity index (χ1n) is 8.46. The molecule has 1 N–H and O–H groups in total. The standard InChI is InChI=1S/C18H27ClN2.2ClH/c1-14-13-16(19)7-8-17(14)18(15-5-3-2-4-6-15)21-11-9-20-10-12-21;;/h7-8,13,15,18,20H,2-6,9-12H2,1H3;2*1H/t18-;;/m0../s1. The van der Waals surface area contributed by atoms with Crippen LogP contribution in [0.3, 0.4) is 0 Å². The molecule has 1 aliphatic heterocycles. The van der Waals surface area contributed by atoms with E-state index < -0.39 is 0 Å². The van der Waals surface area contributed by atoms with Gasteiger partial charge < -0.3 is 5.32 Å². The molecule has 1 saturated carbocycles. The number of benzene rings is 1. The summed E-state index contributed by atoms with van der Waals surface area (Å²) in [5.41, 5.74) is 2.87. The zero-order chi connectivity index (χ0) is 14.7. The minimum atomic E-state index is 0. The van der Waals surface area contributed by atoms with Crippen molar-refractivity contribution in [2.45, 2.75) is 45.1 Å². The molecule has 2 aliphatic rings. The number of rotatable bonds is 3. The highest BCUT2D eigenvalue weighted by Gasteiger charge is 2.31. The molecule has 132 valence electrons. The second-order valence-corrected chi connectivity index (χ2v) is 7.07. The summed E-state index contributed by atoms with van der Waals surface area (Å²) >= 11 is 6.17.